The van der Waals surface area contributed by atoms with Gasteiger partial charge in [-0.2, -0.15) is 5.26 Å². The third-order valence-electron chi connectivity index (χ3n) is 5.95. The first-order chi connectivity index (χ1) is 16.1. The molecule has 0 bridgehead atoms. The number of nitriles is 1. The second-order valence-electron chi connectivity index (χ2n) is 7.95. The van der Waals surface area contributed by atoms with Crippen molar-refractivity contribution < 1.29 is 9.47 Å². The van der Waals surface area contributed by atoms with Gasteiger partial charge in [-0.15, -0.1) is 0 Å². The van der Waals surface area contributed by atoms with Crippen LogP contribution in [0.1, 0.15) is 28.2 Å². The molecule has 3 aromatic carbocycles. The number of H-pyrrole nitrogens is 1. The minimum absolute atomic E-state index is 0.00522. The normalized spacial score (nSPS) is 15.0. The Morgan fingerprint density at radius 3 is 2.55 bits per heavy atom. The predicted molar refractivity (Wildman–Crippen MR) is 126 cm³/mol. The highest BCUT2D eigenvalue weighted by Gasteiger charge is 2.34. The molecule has 1 aliphatic heterocycles. The SMILES string of the molecule is Cc1ccccc1COc1ccc(C2C(C#N)=C(N)Oc3c2c(=O)[nH]c2ccccc32)cc1. The number of benzene rings is 3. The van der Waals surface area contributed by atoms with Gasteiger partial charge in [-0.3, -0.25) is 4.79 Å². The fourth-order valence-electron chi connectivity index (χ4n) is 4.19. The minimum Gasteiger partial charge on any atom is -0.489 e. The molecule has 1 aromatic heterocycles. The zero-order valence-corrected chi connectivity index (χ0v) is 18.0. The first kappa shape index (κ1) is 20.4. The van der Waals surface area contributed by atoms with Crippen LogP contribution in [0.4, 0.5) is 0 Å². The molecule has 0 saturated carbocycles. The summed E-state index contributed by atoms with van der Waals surface area (Å²) in [7, 11) is 0. The molecule has 6 heteroatoms. The number of allylic oxidation sites excluding steroid dienone is 1. The summed E-state index contributed by atoms with van der Waals surface area (Å²) in [6, 6.07) is 24.9. The zero-order chi connectivity index (χ0) is 22.9. The third-order valence-corrected chi connectivity index (χ3v) is 5.95. The summed E-state index contributed by atoms with van der Waals surface area (Å²) in [6.45, 7) is 2.50. The van der Waals surface area contributed by atoms with Crippen molar-refractivity contribution in [2.24, 2.45) is 5.73 Å². The zero-order valence-electron chi connectivity index (χ0n) is 18.0. The van der Waals surface area contributed by atoms with E-state index in [1.54, 1.807) is 6.07 Å². The topological polar surface area (TPSA) is 101 Å². The molecule has 162 valence electrons. The number of para-hydroxylation sites is 1. The molecule has 0 spiro atoms. The van der Waals surface area contributed by atoms with Gasteiger partial charge in [-0.1, -0.05) is 48.5 Å². The third kappa shape index (κ3) is 3.60. The lowest BCUT2D eigenvalue weighted by atomic mass is 9.83. The van der Waals surface area contributed by atoms with E-state index in [-0.39, 0.29) is 17.0 Å². The molecule has 4 aromatic rings. The van der Waals surface area contributed by atoms with Crippen LogP contribution in [0, 0.1) is 18.3 Å². The summed E-state index contributed by atoms with van der Waals surface area (Å²) in [5.41, 5.74) is 10.1. The number of aromatic nitrogens is 1. The van der Waals surface area contributed by atoms with Crippen LogP contribution in [0.2, 0.25) is 0 Å². The predicted octanol–water partition coefficient (Wildman–Crippen LogP) is 4.63. The van der Waals surface area contributed by atoms with Crippen molar-refractivity contribution in [1.29, 1.82) is 5.26 Å². The van der Waals surface area contributed by atoms with Crippen LogP contribution >= 0.6 is 0 Å². The van der Waals surface area contributed by atoms with Crippen LogP contribution in [0.3, 0.4) is 0 Å². The van der Waals surface area contributed by atoms with Gasteiger partial charge in [0.05, 0.1) is 17.0 Å². The standard InChI is InChI=1S/C27H21N3O3/c1-16-6-2-3-7-18(16)15-32-19-12-10-17(11-13-19)23-21(14-28)26(29)33-25-20-8-4-5-9-22(20)30-27(31)24(23)25/h2-13,23H,15,29H2,1H3,(H,30,31). The largest absolute Gasteiger partial charge is 0.489 e. The van der Waals surface area contributed by atoms with E-state index in [4.69, 9.17) is 15.2 Å². The maximum Gasteiger partial charge on any atom is 0.256 e. The highest BCUT2D eigenvalue weighted by atomic mass is 16.5. The summed E-state index contributed by atoms with van der Waals surface area (Å²) in [5.74, 6) is 0.441. The van der Waals surface area contributed by atoms with Gasteiger partial charge in [0.1, 0.15) is 29.7 Å². The minimum atomic E-state index is -0.641. The van der Waals surface area contributed by atoms with Crippen molar-refractivity contribution in [1.82, 2.24) is 4.98 Å². The summed E-state index contributed by atoms with van der Waals surface area (Å²) in [4.78, 5) is 16.0. The van der Waals surface area contributed by atoms with E-state index in [9.17, 15) is 10.1 Å². The fraction of sp³-hybridized carbons (Fsp3) is 0.111. The number of aryl methyl sites for hydroxylation is 1. The Labute approximate surface area is 190 Å². The first-order valence-electron chi connectivity index (χ1n) is 10.6. The first-order valence-corrected chi connectivity index (χ1v) is 10.6. The van der Waals surface area contributed by atoms with Crippen LogP contribution in [0.25, 0.3) is 10.9 Å². The van der Waals surface area contributed by atoms with Gasteiger partial charge in [-0.05, 0) is 47.9 Å². The average Bonchev–Trinajstić information content (AvgIpc) is 2.83. The fourth-order valence-corrected chi connectivity index (χ4v) is 4.19. The van der Waals surface area contributed by atoms with Gasteiger partial charge in [0.25, 0.3) is 5.56 Å². The van der Waals surface area contributed by atoms with Crippen molar-refractivity contribution in [3.05, 3.63) is 117 Å². The maximum absolute atomic E-state index is 13.1. The highest BCUT2D eigenvalue weighted by Crippen LogP contribution is 2.43. The summed E-state index contributed by atoms with van der Waals surface area (Å²) < 4.78 is 11.7. The molecule has 0 aliphatic carbocycles. The number of pyridine rings is 1. The Morgan fingerprint density at radius 2 is 1.79 bits per heavy atom. The van der Waals surface area contributed by atoms with Gasteiger partial charge in [-0.25, -0.2) is 0 Å². The van der Waals surface area contributed by atoms with Crippen molar-refractivity contribution in [3.8, 4) is 17.6 Å². The number of hydrogen-bond acceptors (Lipinski definition) is 5. The molecule has 0 radical (unpaired) electrons. The molecule has 1 aliphatic rings. The van der Waals surface area contributed by atoms with E-state index in [1.807, 2.05) is 73.7 Å². The van der Waals surface area contributed by atoms with E-state index < -0.39 is 5.92 Å². The molecule has 33 heavy (non-hydrogen) atoms. The summed E-state index contributed by atoms with van der Waals surface area (Å²) in [5, 5.41) is 10.5. The van der Waals surface area contributed by atoms with Crippen molar-refractivity contribution in [2.75, 3.05) is 0 Å². The Kier molecular flexibility index (Phi) is 5.08. The maximum atomic E-state index is 13.1. The number of nitrogens with zero attached hydrogens (tertiary/aromatic N) is 1. The highest BCUT2D eigenvalue weighted by molar-refractivity contribution is 5.87. The second kappa shape index (κ2) is 8.21. The Morgan fingerprint density at radius 1 is 1.06 bits per heavy atom. The van der Waals surface area contributed by atoms with Gasteiger partial charge < -0.3 is 20.2 Å². The molecule has 0 fully saturated rings. The van der Waals surface area contributed by atoms with Crippen molar-refractivity contribution in [3.63, 3.8) is 0 Å². The molecular weight excluding hydrogens is 414 g/mol. The summed E-state index contributed by atoms with van der Waals surface area (Å²) >= 11 is 0. The van der Waals surface area contributed by atoms with E-state index >= 15 is 0 Å². The number of aromatic amines is 1. The van der Waals surface area contributed by atoms with Gasteiger partial charge >= 0.3 is 0 Å². The van der Waals surface area contributed by atoms with Crippen LogP contribution in [0.5, 0.6) is 11.5 Å². The van der Waals surface area contributed by atoms with E-state index in [0.29, 0.717) is 29.2 Å². The average molecular weight is 435 g/mol. The van der Waals surface area contributed by atoms with Crippen LogP contribution < -0.4 is 20.8 Å². The number of fused-ring (bicyclic) bond motifs is 3. The van der Waals surface area contributed by atoms with Gasteiger partial charge in [0.15, 0.2) is 0 Å². The molecule has 0 saturated heterocycles. The Hall–Kier alpha value is -4.50. The van der Waals surface area contributed by atoms with Gasteiger partial charge in [0, 0.05) is 5.39 Å². The van der Waals surface area contributed by atoms with Crippen LogP contribution in [0.15, 0.2) is 89.0 Å². The Balaban J connectivity index is 1.53. The number of hydrogen-bond donors (Lipinski definition) is 2. The quantitative estimate of drug-likeness (QED) is 0.487. The number of nitrogens with one attached hydrogen (secondary N) is 1. The molecule has 6 nitrogen and oxygen atoms in total. The molecule has 0 amide bonds. The van der Waals surface area contributed by atoms with Crippen LogP contribution in [-0.2, 0) is 6.61 Å². The van der Waals surface area contributed by atoms with E-state index in [0.717, 1.165) is 16.5 Å². The molecular formula is C27H21N3O3. The van der Waals surface area contributed by atoms with Gasteiger partial charge in [0.2, 0.25) is 5.88 Å². The van der Waals surface area contributed by atoms with E-state index in [2.05, 4.69) is 11.1 Å². The van der Waals surface area contributed by atoms with Crippen molar-refractivity contribution >= 4 is 10.9 Å². The lowest BCUT2D eigenvalue weighted by molar-refractivity contribution is 0.305. The number of ether oxygens (including phenoxy) is 2. The van der Waals surface area contributed by atoms with Crippen LogP contribution in [-0.4, -0.2) is 4.98 Å². The smallest absolute Gasteiger partial charge is 0.256 e. The molecule has 1 unspecified atom stereocenters. The Bertz CT molecular complexity index is 1490. The summed E-state index contributed by atoms with van der Waals surface area (Å²) in [6.07, 6.45) is 0. The molecule has 2 heterocycles. The number of rotatable bonds is 4. The van der Waals surface area contributed by atoms with E-state index in [1.165, 1.54) is 5.56 Å². The van der Waals surface area contributed by atoms with Crippen molar-refractivity contribution in [2.45, 2.75) is 19.4 Å². The second-order valence-corrected chi connectivity index (χ2v) is 7.95. The monoisotopic (exact) mass is 435 g/mol. The molecule has 3 N–H and O–H groups in total. The lowest BCUT2D eigenvalue weighted by Gasteiger charge is -2.26. The molecule has 5 rings (SSSR count). The lowest BCUT2D eigenvalue weighted by Crippen LogP contribution is -2.27. The number of nitrogens with two attached hydrogens (primary N) is 1. The molecule has 1 atom stereocenters.